The van der Waals surface area contributed by atoms with E-state index in [1.54, 1.807) is 18.0 Å². The van der Waals surface area contributed by atoms with Crippen LogP contribution in [0.3, 0.4) is 0 Å². The van der Waals surface area contributed by atoms with Crippen molar-refractivity contribution in [2.24, 2.45) is 11.7 Å². The van der Waals surface area contributed by atoms with Gasteiger partial charge in [-0.05, 0) is 49.9 Å². The van der Waals surface area contributed by atoms with Gasteiger partial charge in [-0.25, -0.2) is 4.98 Å². The molecular formula is C18H23N7O2. The fraction of sp³-hybridized carbons (Fsp3) is 0.444. The van der Waals surface area contributed by atoms with Gasteiger partial charge < -0.3 is 20.9 Å². The van der Waals surface area contributed by atoms with Crippen molar-refractivity contribution in [1.29, 1.82) is 0 Å². The molecule has 142 valence electrons. The van der Waals surface area contributed by atoms with Crippen LogP contribution >= 0.6 is 0 Å². The third-order valence-electron chi connectivity index (χ3n) is 5.10. The fourth-order valence-electron chi connectivity index (χ4n) is 3.61. The summed E-state index contributed by atoms with van der Waals surface area (Å²) in [6.07, 6.45) is 3.50. The Morgan fingerprint density at radius 1 is 1.37 bits per heavy atom. The first kappa shape index (κ1) is 17.6. The van der Waals surface area contributed by atoms with E-state index in [2.05, 4.69) is 25.6 Å². The van der Waals surface area contributed by atoms with Gasteiger partial charge in [0.05, 0.1) is 19.0 Å². The topological polar surface area (TPSA) is 124 Å². The number of hydrogen-bond acceptors (Lipinski definition) is 8. The smallest absolute Gasteiger partial charge is 0.225 e. The highest BCUT2D eigenvalue weighted by Gasteiger charge is 2.28. The van der Waals surface area contributed by atoms with Gasteiger partial charge in [-0.15, -0.1) is 5.10 Å². The number of aliphatic hydroxyl groups excluding tert-OH is 1. The molecule has 0 saturated heterocycles. The second kappa shape index (κ2) is 7.09. The molecule has 0 amide bonds. The Morgan fingerprint density at radius 3 is 2.93 bits per heavy atom. The first-order valence-corrected chi connectivity index (χ1v) is 8.99. The lowest BCUT2D eigenvalue weighted by molar-refractivity contribution is 0.117. The highest BCUT2D eigenvalue weighted by Crippen LogP contribution is 2.29. The van der Waals surface area contributed by atoms with Crippen molar-refractivity contribution in [1.82, 2.24) is 25.0 Å². The van der Waals surface area contributed by atoms with Crippen LogP contribution in [0.25, 0.3) is 16.9 Å². The minimum atomic E-state index is -0.774. The molecule has 0 spiro atoms. The first-order valence-electron chi connectivity index (χ1n) is 8.99. The van der Waals surface area contributed by atoms with Crippen LogP contribution in [0, 0.1) is 12.8 Å². The van der Waals surface area contributed by atoms with Crippen LogP contribution in [-0.4, -0.2) is 49.4 Å². The van der Waals surface area contributed by atoms with E-state index in [1.165, 1.54) is 0 Å². The quantitative estimate of drug-likeness (QED) is 0.576. The van der Waals surface area contributed by atoms with Crippen molar-refractivity contribution < 1.29 is 9.84 Å². The molecular weight excluding hydrogens is 346 g/mol. The van der Waals surface area contributed by atoms with Crippen molar-refractivity contribution in [2.45, 2.75) is 38.5 Å². The molecule has 1 saturated carbocycles. The summed E-state index contributed by atoms with van der Waals surface area (Å²) in [5, 5.41) is 21.3. The highest BCUT2D eigenvalue weighted by molar-refractivity contribution is 5.72. The van der Waals surface area contributed by atoms with Gasteiger partial charge in [0.1, 0.15) is 12.0 Å². The highest BCUT2D eigenvalue weighted by atomic mass is 16.5. The van der Waals surface area contributed by atoms with Crippen molar-refractivity contribution in [2.75, 3.05) is 12.4 Å². The van der Waals surface area contributed by atoms with Crippen molar-refractivity contribution >= 4 is 17.1 Å². The molecule has 2 heterocycles. The number of aromatic nitrogens is 5. The molecule has 3 atom stereocenters. The number of aryl methyl sites for hydroxylation is 1. The molecule has 27 heavy (non-hydrogen) atoms. The lowest BCUT2D eigenvalue weighted by atomic mass is 10.1. The second-order valence-corrected chi connectivity index (χ2v) is 6.96. The molecule has 0 bridgehead atoms. The van der Waals surface area contributed by atoms with Gasteiger partial charge >= 0.3 is 0 Å². The Morgan fingerprint density at radius 2 is 2.22 bits per heavy atom. The number of methoxy groups -OCH3 is 1. The third kappa shape index (κ3) is 3.43. The summed E-state index contributed by atoms with van der Waals surface area (Å²) in [7, 11) is 1.65. The normalized spacial score (nSPS) is 20.7. The molecule has 4 N–H and O–H groups in total. The SMILES string of the molecule is COc1ccc(-n2nnc3cnc(NC4CC[C@@H](C(N)O)C4)nc32)cc1C. The summed E-state index contributed by atoms with van der Waals surface area (Å²) in [4.78, 5) is 8.95. The second-order valence-electron chi connectivity index (χ2n) is 6.96. The lowest BCUT2D eigenvalue weighted by Gasteiger charge is -2.15. The summed E-state index contributed by atoms with van der Waals surface area (Å²) >= 11 is 0. The molecule has 0 radical (unpaired) electrons. The molecule has 1 aromatic carbocycles. The molecule has 2 unspecified atom stereocenters. The van der Waals surface area contributed by atoms with Crippen LogP contribution in [0.1, 0.15) is 24.8 Å². The summed E-state index contributed by atoms with van der Waals surface area (Å²) in [6.45, 7) is 1.98. The number of fused-ring (bicyclic) bond motifs is 1. The molecule has 9 heteroatoms. The molecule has 1 aliphatic carbocycles. The number of hydrogen-bond donors (Lipinski definition) is 3. The predicted molar refractivity (Wildman–Crippen MR) is 101 cm³/mol. The van der Waals surface area contributed by atoms with E-state index in [0.717, 1.165) is 36.3 Å². The van der Waals surface area contributed by atoms with Crippen LogP contribution in [0.15, 0.2) is 24.4 Å². The molecule has 2 aromatic heterocycles. The van der Waals surface area contributed by atoms with Gasteiger partial charge in [0.2, 0.25) is 5.95 Å². The van der Waals surface area contributed by atoms with Gasteiger partial charge in [-0.2, -0.15) is 9.67 Å². The molecule has 4 rings (SSSR count). The Hall–Kier alpha value is -2.78. The van der Waals surface area contributed by atoms with Crippen LogP contribution in [-0.2, 0) is 0 Å². The third-order valence-corrected chi connectivity index (χ3v) is 5.10. The number of nitrogens with one attached hydrogen (secondary N) is 1. The fourth-order valence-corrected chi connectivity index (χ4v) is 3.61. The molecule has 9 nitrogen and oxygen atoms in total. The minimum Gasteiger partial charge on any atom is -0.496 e. The zero-order valence-electron chi connectivity index (χ0n) is 15.3. The number of aliphatic hydroxyl groups is 1. The van der Waals surface area contributed by atoms with Gasteiger partial charge in [0, 0.05) is 12.0 Å². The first-order chi connectivity index (χ1) is 13.0. The summed E-state index contributed by atoms with van der Waals surface area (Å²) in [5.74, 6) is 1.45. The van der Waals surface area contributed by atoms with E-state index >= 15 is 0 Å². The molecule has 3 aromatic rings. The molecule has 0 aliphatic heterocycles. The van der Waals surface area contributed by atoms with E-state index in [-0.39, 0.29) is 12.0 Å². The minimum absolute atomic E-state index is 0.112. The predicted octanol–water partition coefficient (Wildman–Crippen LogP) is 1.39. The van der Waals surface area contributed by atoms with Crippen LogP contribution in [0.2, 0.25) is 0 Å². The van der Waals surface area contributed by atoms with Gasteiger partial charge in [-0.3, -0.25) is 0 Å². The van der Waals surface area contributed by atoms with E-state index < -0.39 is 6.23 Å². The number of nitrogens with zero attached hydrogens (tertiary/aromatic N) is 5. The number of benzene rings is 1. The largest absolute Gasteiger partial charge is 0.496 e. The van der Waals surface area contributed by atoms with Crippen LogP contribution in [0.5, 0.6) is 5.75 Å². The number of ether oxygens (including phenoxy) is 1. The zero-order chi connectivity index (χ0) is 19.0. The maximum atomic E-state index is 9.56. The summed E-state index contributed by atoms with van der Waals surface area (Å²) < 4.78 is 7.01. The maximum Gasteiger partial charge on any atom is 0.225 e. The van der Waals surface area contributed by atoms with Crippen molar-refractivity contribution in [3.8, 4) is 11.4 Å². The number of anilines is 1. The molecule has 1 aliphatic rings. The van der Waals surface area contributed by atoms with E-state index in [9.17, 15) is 5.11 Å². The maximum absolute atomic E-state index is 9.56. The summed E-state index contributed by atoms with van der Waals surface area (Å²) in [6, 6.07) is 5.99. The van der Waals surface area contributed by atoms with E-state index in [0.29, 0.717) is 17.1 Å². The van der Waals surface area contributed by atoms with Gasteiger partial charge in [0.15, 0.2) is 11.2 Å². The zero-order valence-corrected chi connectivity index (χ0v) is 15.3. The van der Waals surface area contributed by atoms with E-state index in [1.807, 2.05) is 25.1 Å². The Kier molecular flexibility index (Phi) is 4.63. The average Bonchev–Trinajstić information content (AvgIpc) is 3.28. The summed E-state index contributed by atoms with van der Waals surface area (Å²) in [5.41, 5.74) is 8.71. The Bertz CT molecular complexity index is 956. The standard InChI is InChI=1S/C18H23N7O2/c1-10-7-13(5-6-15(10)27-2)25-17-14(23-24-25)9-20-18(22-17)21-12-4-3-11(8-12)16(19)26/h5-7,9,11-12,16,26H,3-4,8,19H2,1-2H3,(H,20,21,22)/t11-,12?,16?/m1/s1. The lowest BCUT2D eigenvalue weighted by Crippen LogP contribution is -2.29. The monoisotopic (exact) mass is 369 g/mol. The number of rotatable bonds is 5. The average molecular weight is 369 g/mol. The Labute approximate surface area is 156 Å². The Balaban J connectivity index is 1.61. The van der Waals surface area contributed by atoms with Crippen LogP contribution < -0.4 is 15.8 Å². The van der Waals surface area contributed by atoms with Crippen molar-refractivity contribution in [3.05, 3.63) is 30.0 Å². The van der Waals surface area contributed by atoms with E-state index in [4.69, 9.17) is 10.5 Å². The van der Waals surface area contributed by atoms with Crippen LogP contribution in [0.4, 0.5) is 5.95 Å². The van der Waals surface area contributed by atoms with Crippen molar-refractivity contribution in [3.63, 3.8) is 0 Å². The van der Waals surface area contributed by atoms with Gasteiger partial charge in [0.25, 0.3) is 0 Å². The number of nitrogens with two attached hydrogens (primary N) is 1. The molecule has 1 fully saturated rings. The van der Waals surface area contributed by atoms with Gasteiger partial charge in [-0.1, -0.05) is 5.21 Å².